The summed E-state index contributed by atoms with van der Waals surface area (Å²) in [5, 5.41) is 28.3. The topological polar surface area (TPSA) is 159 Å². The van der Waals surface area contributed by atoms with Crippen LogP contribution in [0.2, 0.25) is 0 Å². The fraction of sp³-hybridized carbons (Fsp3) is 0.545. The average Bonchev–Trinajstić information content (AvgIpc) is 2.81. The van der Waals surface area contributed by atoms with Crippen LogP contribution in [0, 0.1) is 5.41 Å². The number of aliphatic carboxylic acids is 1. The van der Waals surface area contributed by atoms with Gasteiger partial charge < -0.3 is 21.5 Å². The van der Waals surface area contributed by atoms with Gasteiger partial charge in [-0.15, -0.1) is 5.10 Å². The first-order valence-electron chi connectivity index (χ1n) is 6.43. The van der Waals surface area contributed by atoms with E-state index in [1.807, 2.05) is 0 Å². The molecule has 10 nitrogen and oxygen atoms in total. The molecule has 0 fully saturated rings. The van der Waals surface area contributed by atoms with Crippen molar-refractivity contribution in [3.05, 3.63) is 11.9 Å². The molecule has 116 valence electrons. The zero-order valence-corrected chi connectivity index (χ0v) is 11.5. The van der Waals surface area contributed by atoms with Crippen molar-refractivity contribution in [3.63, 3.8) is 0 Å². The molecule has 1 aromatic rings. The molecule has 1 rings (SSSR count). The van der Waals surface area contributed by atoms with E-state index in [1.54, 1.807) is 6.20 Å². The van der Waals surface area contributed by atoms with Crippen molar-refractivity contribution in [1.29, 1.82) is 5.41 Å². The molecule has 0 aliphatic heterocycles. The molecule has 0 saturated carbocycles. The fourth-order valence-corrected chi connectivity index (χ4v) is 1.53. The third-order valence-electron chi connectivity index (χ3n) is 2.48. The molecule has 0 atom stereocenters. The maximum atomic E-state index is 11.5. The highest BCUT2D eigenvalue weighted by Crippen LogP contribution is 1.97. The minimum atomic E-state index is -0.961. The molecule has 0 spiro atoms. The van der Waals surface area contributed by atoms with Crippen molar-refractivity contribution in [2.24, 2.45) is 5.73 Å². The van der Waals surface area contributed by atoms with Crippen molar-refractivity contribution >= 4 is 17.8 Å². The number of aromatic nitrogens is 3. The van der Waals surface area contributed by atoms with E-state index in [0.717, 1.165) is 12.1 Å². The normalized spacial score (nSPS) is 10.1. The quantitative estimate of drug-likeness (QED) is 0.206. The number of carbonyl (C=O) groups is 2. The molecule has 0 bridgehead atoms. The Labute approximate surface area is 121 Å². The number of nitrogens with one attached hydrogen (secondary N) is 3. The molecule has 0 saturated heterocycles. The number of amides is 1. The number of hydrogen-bond acceptors (Lipinski definition) is 5. The van der Waals surface area contributed by atoms with E-state index >= 15 is 0 Å². The van der Waals surface area contributed by atoms with Crippen LogP contribution in [0.1, 0.15) is 18.5 Å². The Morgan fingerprint density at radius 2 is 2.14 bits per heavy atom. The number of carbonyl (C=O) groups excluding carboxylic acids is 1. The number of carboxylic acid groups (broad SMARTS) is 1. The van der Waals surface area contributed by atoms with Gasteiger partial charge in [0.25, 0.3) is 0 Å². The Bertz CT molecular complexity index is 500. The van der Waals surface area contributed by atoms with Gasteiger partial charge in [0, 0.05) is 19.3 Å². The minimum absolute atomic E-state index is 0.00167. The number of carboxylic acids is 1. The molecule has 0 aromatic carbocycles. The third kappa shape index (κ3) is 7.50. The van der Waals surface area contributed by atoms with Crippen molar-refractivity contribution < 1.29 is 14.7 Å². The lowest BCUT2D eigenvalue weighted by molar-refractivity contribution is -0.136. The molecule has 0 radical (unpaired) electrons. The number of nitrogens with zero attached hydrogens (tertiary/aromatic N) is 3. The molecule has 0 unspecified atom stereocenters. The highest BCUT2D eigenvalue weighted by Gasteiger charge is 2.06. The van der Waals surface area contributed by atoms with Crippen LogP contribution in [0.25, 0.3) is 0 Å². The van der Waals surface area contributed by atoms with Crippen LogP contribution in [-0.2, 0) is 22.6 Å². The van der Waals surface area contributed by atoms with Crippen LogP contribution in [0.3, 0.4) is 0 Å². The molecular weight excluding hydrogens is 278 g/mol. The summed E-state index contributed by atoms with van der Waals surface area (Å²) in [7, 11) is 0. The van der Waals surface area contributed by atoms with E-state index in [4.69, 9.17) is 16.2 Å². The smallest absolute Gasteiger partial charge is 0.305 e. The lowest BCUT2D eigenvalue weighted by Crippen LogP contribution is -2.31. The second-order valence-electron chi connectivity index (χ2n) is 4.35. The third-order valence-corrected chi connectivity index (χ3v) is 2.48. The van der Waals surface area contributed by atoms with E-state index in [0.29, 0.717) is 13.0 Å². The van der Waals surface area contributed by atoms with Gasteiger partial charge in [0.2, 0.25) is 5.91 Å². The number of guanidine groups is 1. The monoisotopic (exact) mass is 297 g/mol. The van der Waals surface area contributed by atoms with E-state index in [-0.39, 0.29) is 31.4 Å². The highest BCUT2D eigenvalue weighted by molar-refractivity contribution is 5.76. The summed E-state index contributed by atoms with van der Waals surface area (Å²) >= 11 is 0. The number of aryl methyl sites for hydroxylation is 1. The lowest BCUT2D eigenvalue weighted by atomic mass is 10.2. The Hall–Kier alpha value is -2.65. The van der Waals surface area contributed by atoms with Crippen molar-refractivity contribution in [2.45, 2.75) is 25.8 Å². The number of hydrogen-bond donors (Lipinski definition) is 5. The number of nitrogens with two attached hydrogens (primary N) is 1. The summed E-state index contributed by atoms with van der Waals surface area (Å²) in [6.45, 7) is 0.655. The highest BCUT2D eigenvalue weighted by atomic mass is 16.4. The summed E-state index contributed by atoms with van der Waals surface area (Å²) < 4.78 is 1.39. The van der Waals surface area contributed by atoms with Crippen molar-refractivity contribution in [1.82, 2.24) is 25.6 Å². The van der Waals surface area contributed by atoms with E-state index in [2.05, 4.69) is 20.9 Å². The van der Waals surface area contributed by atoms with Gasteiger partial charge in [-0.3, -0.25) is 15.0 Å². The molecule has 21 heavy (non-hydrogen) atoms. The molecule has 1 aromatic heterocycles. The summed E-state index contributed by atoms with van der Waals surface area (Å²) in [5.41, 5.74) is 5.88. The van der Waals surface area contributed by atoms with Crippen LogP contribution in [0.5, 0.6) is 0 Å². The van der Waals surface area contributed by atoms with Gasteiger partial charge >= 0.3 is 5.97 Å². The summed E-state index contributed by atoms with van der Waals surface area (Å²) in [5.74, 6) is -1.35. The molecule has 10 heteroatoms. The maximum absolute atomic E-state index is 11.5. The first-order chi connectivity index (χ1) is 9.97. The largest absolute Gasteiger partial charge is 0.481 e. The van der Waals surface area contributed by atoms with Gasteiger partial charge in [-0.2, -0.15) is 0 Å². The van der Waals surface area contributed by atoms with Crippen molar-refractivity contribution in [3.8, 4) is 0 Å². The first kappa shape index (κ1) is 16.4. The summed E-state index contributed by atoms with van der Waals surface area (Å²) in [6.07, 6.45) is 2.94. The first-order valence-corrected chi connectivity index (χ1v) is 6.43. The summed E-state index contributed by atoms with van der Waals surface area (Å²) in [4.78, 5) is 21.8. The Morgan fingerprint density at radius 1 is 1.38 bits per heavy atom. The van der Waals surface area contributed by atoms with E-state index in [1.165, 1.54) is 4.68 Å². The Balaban J connectivity index is 2.26. The van der Waals surface area contributed by atoms with Crippen molar-refractivity contribution in [2.75, 3.05) is 13.1 Å². The fourth-order valence-electron chi connectivity index (χ4n) is 1.53. The van der Waals surface area contributed by atoms with Gasteiger partial charge in [0.1, 0.15) is 6.54 Å². The van der Waals surface area contributed by atoms with Gasteiger partial charge in [-0.1, -0.05) is 5.21 Å². The SMILES string of the molecule is N=C(N)NCCCc1cn(CC(=O)NCCC(=O)O)nn1. The molecule has 0 aliphatic rings. The van der Waals surface area contributed by atoms with Crippen LogP contribution in [0.15, 0.2) is 6.20 Å². The van der Waals surface area contributed by atoms with Gasteiger partial charge in [0.05, 0.1) is 12.1 Å². The van der Waals surface area contributed by atoms with Gasteiger partial charge in [-0.05, 0) is 12.8 Å². The van der Waals surface area contributed by atoms with Gasteiger partial charge in [0.15, 0.2) is 5.96 Å². The van der Waals surface area contributed by atoms with Crippen LogP contribution in [0.4, 0.5) is 0 Å². The zero-order chi connectivity index (χ0) is 15.7. The van der Waals surface area contributed by atoms with Crippen LogP contribution >= 0.6 is 0 Å². The van der Waals surface area contributed by atoms with Crippen LogP contribution in [-0.4, -0.2) is 51.0 Å². The molecular formula is C11H19N7O3. The molecule has 1 amide bonds. The average molecular weight is 297 g/mol. The van der Waals surface area contributed by atoms with Crippen LogP contribution < -0.4 is 16.4 Å². The molecule has 1 heterocycles. The Morgan fingerprint density at radius 3 is 2.81 bits per heavy atom. The second kappa shape index (κ2) is 8.51. The molecule has 0 aliphatic carbocycles. The minimum Gasteiger partial charge on any atom is -0.481 e. The number of rotatable bonds is 9. The lowest BCUT2D eigenvalue weighted by Gasteiger charge is -2.02. The Kier molecular flexibility index (Phi) is 6.65. The second-order valence-corrected chi connectivity index (χ2v) is 4.35. The van der Waals surface area contributed by atoms with E-state index < -0.39 is 5.97 Å². The maximum Gasteiger partial charge on any atom is 0.305 e. The zero-order valence-electron chi connectivity index (χ0n) is 11.5. The predicted octanol–water partition coefficient (Wildman–Crippen LogP) is -1.72. The standard InChI is InChI=1S/C11H19N7O3/c12-11(13)15-4-1-2-8-6-18(17-16-8)7-9(19)14-5-3-10(20)21/h6H,1-5,7H2,(H,14,19)(H,20,21)(H4,12,13,15). The van der Waals surface area contributed by atoms with Gasteiger partial charge in [-0.25, -0.2) is 4.68 Å². The predicted molar refractivity (Wildman–Crippen MR) is 73.5 cm³/mol. The van der Waals surface area contributed by atoms with E-state index in [9.17, 15) is 9.59 Å². The summed E-state index contributed by atoms with van der Waals surface area (Å²) in [6, 6.07) is 0. The molecule has 6 N–H and O–H groups in total.